The largest absolute Gasteiger partial charge is 0.117 e. The lowest BCUT2D eigenvalue weighted by atomic mass is 9.80. The molecule has 1 aliphatic rings. The normalized spacial score (nSPS) is 19.7. The van der Waals surface area contributed by atoms with Gasteiger partial charge in [0, 0.05) is 4.47 Å². The fraction of sp³-hybridized carbons (Fsp3) is 0.412. The summed E-state index contributed by atoms with van der Waals surface area (Å²) in [6, 6.07) is 12.8. The zero-order valence-electron chi connectivity index (χ0n) is 11.1. The number of alkyl halides is 1. The average molecular weight is 338 g/mol. The third-order valence-electron chi connectivity index (χ3n) is 4.54. The molecule has 0 aromatic heterocycles. The van der Waals surface area contributed by atoms with Gasteiger partial charge in [0.2, 0.25) is 0 Å². The number of hydrogen-bond donors (Lipinski definition) is 0. The molecule has 1 aliphatic carbocycles. The van der Waals surface area contributed by atoms with Crippen molar-refractivity contribution in [1.82, 2.24) is 0 Å². The van der Waals surface area contributed by atoms with Crippen LogP contribution in [0.5, 0.6) is 0 Å². The molecule has 1 saturated carbocycles. The van der Waals surface area contributed by atoms with E-state index in [-0.39, 0.29) is 10.8 Å². The molecule has 0 nitrogen and oxygen atoms in total. The van der Waals surface area contributed by atoms with Gasteiger partial charge in [-0.15, -0.1) is 11.6 Å². The van der Waals surface area contributed by atoms with Crippen molar-refractivity contribution < 1.29 is 0 Å². The first-order chi connectivity index (χ1) is 9.12. The molecular weight excluding hydrogens is 320 g/mol. The van der Waals surface area contributed by atoms with Crippen LogP contribution in [0, 0.1) is 5.41 Å². The molecular formula is C17H18BrCl. The molecule has 0 radical (unpaired) electrons. The van der Waals surface area contributed by atoms with Crippen molar-refractivity contribution >= 4 is 38.3 Å². The topological polar surface area (TPSA) is 0 Å². The standard InChI is InChI=1S/C17H18BrCl/c1-17(10-4-5-11-17)16(19)14-8-9-15(18)13-7-3-2-6-12(13)14/h2-3,6-9,16H,4-5,10-11H2,1H3. The monoisotopic (exact) mass is 336 g/mol. The maximum atomic E-state index is 6.87. The minimum atomic E-state index is 0.105. The molecule has 0 amide bonds. The van der Waals surface area contributed by atoms with E-state index in [1.807, 2.05) is 0 Å². The van der Waals surface area contributed by atoms with Gasteiger partial charge in [0.1, 0.15) is 0 Å². The number of halogens is 2. The molecule has 3 rings (SSSR count). The minimum absolute atomic E-state index is 0.105. The molecule has 0 bridgehead atoms. The first-order valence-corrected chi connectivity index (χ1v) is 8.16. The first kappa shape index (κ1) is 13.5. The summed E-state index contributed by atoms with van der Waals surface area (Å²) in [5.74, 6) is 0. The summed E-state index contributed by atoms with van der Waals surface area (Å²) < 4.78 is 1.15. The smallest absolute Gasteiger partial charge is 0.0644 e. The molecule has 19 heavy (non-hydrogen) atoms. The molecule has 0 spiro atoms. The Kier molecular flexibility index (Phi) is 3.61. The maximum Gasteiger partial charge on any atom is 0.0644 e. The quantitative estimate of drug-likeness (QED) is 0.551. The molecule has 2 heteroatoms. The van der Waals surface area contributed by atoms with Crippen LogP contribution >= 0.6 is 27.5 Å². The minimum Gasteiger partial charge on any atom is -0.117 e. The molecule has 0 heterocycles. The second kappa shape index (κ2) is 5.10. The lowest BCUT2D eigenvalue weighted by molar-refractivity contribution is 0.323. The van der Waals surface area contributed by atoms with Crippen molar-refractivity contribution in [3.8, 4) is 0 Å². The summed E-state index contributed by atoms with van der Waals surface area (Å²) in [4.78, 5) is 0. The van der Waals surface area contributed by atoms with Crippen LogP contribution < -0.4 is 0 Å². The van der Waals surface area contributed by atoms with E-state index in [1.54, 1.807) is 0 Å². The SMILES string of the molecule is CC1(C(Cl)c2ccc(Br)c3ccccc23)CCCC1. The Labute approximate surface area is 128 Å². The summed E-state index contributed by atoms with van der Waals surface area (Å²) in [7, 11) is 0. The Morgan fingerprint density at radius 3 is 2.37 bits per heavy atom. The van der Waals surface area contributed by atoms with Crippen LogP contribution in [0.15, 0.2) is 40.9 Å². The van der Waals surface area contributed by atoms with Crippen LogP contribution in [0.1, 0.15) is 43.5 Å². The van der Waals surface area contributed by atoms with Gasteiger partial charge in [0.25, 0.3) is 0 Å². The fourth-order valence-corrected chi connectivity index (χ4v) is 4.20. The van der Waals surface area contributed by atoms with E-state index < -0.39 is 0 Å². The van der Waals surface area contributed by atoms with E-state index >= 15 is 0 Å². The van der Waals surface area contributed by atoms with Gasteiger partial charge in [0.05, 0.1) is 5.38 Å². The van der Waals surface area contributed by atoms with Gasteiger partial charge < -0.3 is 0 Å². The highest BCUT2D eigenvalue weighted by molar-refractivity contribution is 9.10. The third kappa shape index (κ3) is 2.32. The highest BCUT2D eigenvalue weighted by atomic mass is 79.9. The Balaban J connectivity index is 2.12. The number of rotatable bonds is 2. The van der Waals surface area contributed by atoms with Crippen molar-refractivity contribution in [2.45, 2.75) is 38.0 Å². The molecule has 2 aromatic rings. The van der Waals surface area contributed by atoms with Crippen molar-refractivity contribution in [2.75, 3.05) is 0 Å². The Hall–Kier alpha value is -0.530. The predicted octanol–water partition coefficient (Wildman–Crippen LogP) is 6.46. The van der Waals surface area contributed by atoms with Crippen molar-refractivity contribution in [3.63, 3.8) is 0 Å². The zero-order chi connectivity index (χ0) is 13.5. The third-order valence-corrected chi connectivity index (χ3v) is 5.99. The highest BCUT2D eigenvalue weighted by Crippen LogP contribution is 2.52. The van der Waals surface area contributed by atoms with Crippen molar-refractivity contribution in [3.05, 3.63) is 46.4 Å². The van der Waals surface area contributed by atoms with E-state index in [2.05, 4.69) is 59.3 Å². The van der Waals surface area contributed by atoms with E-state index in [9.17, 15) is 0 Å². The second-order valence-corrected chi connectivity index (χ2v) is 7.20. The van der Waals surface area contributed by atoms with Gasteiger partial charge in [0.15, 0.2) is 0 Å². The molecule has 2 aromatic carbocycles. The summed E-state index contributed by atoms with van der Waals surface area (Å²) in [6.07, 6.45) is 5.11. The Bertz CT molecular complexity index is 599. The summed E-state index contributed by atoms with van der Waals surface area (Å²) >= 11 is 10.5. The van der Waals surface area contributed by atoms with Crippen LogP contribution in [0.25, 0.3) is 10.8 Å². The molecule has 1 atom stereocenters. The molecule has 0 saturated heterocycles. The number of fused-ring (bicyclic) bond motifs is 1. The molecule has 0 N–H and O–H groups in total. The Morgan fingerprint density at radius 1 is 1.05 bits per heavy atom. The van der Waals surface area contributed by atoms with E-state index in [0.717, 1.165) is 4.47 Å². The highest BCUT2D eigenvalue weighted by Gasteiger charge is 2.37. The second-order valence-electron chi connectivity index (χ2n) is 5.91. The van der Waals surface area contributed by atoms with E-state index in [1.165, 1.54) is 42.0 Å². The van der Waals surface area contributed by atoms with Crippen LogP contribution in [0.4, 0.5) is 0 Å². The summed E-state index contributed by atoms with van der Waals surface area (Å²) in [5.41, 5.74) is 1.53. The average Bonchev–Trinajstić information content (AvgIpc) is 2.87. The van der Waals surface area contributed by atoms with Crippen molar-refractivity contribution in [2.24, 2.45) is 5.41 Å². The lowest BCUT2D eigenvalue weighted by Gasteiger charge is -2.30. The number of hydrogen-bond acceptors (Lipinski definition) is 0. The van der Waals surface area contributed by atoms with Crippen LogP contribution in [0.2, 0.25) is 0 Å². The van der Waals surface area contributed by atoms with Gasteiger partial charge in [-0.1, -0.05) is 66.0 Å². The lowest BCUT2D eigenvalue weighted by Crippen LogP contribution is -2.18. The van der Waals surface area contributed by atoms with Gasteiger partial charge in [-0.05, 0) is 40.7 Å². The number of benzene rings is 2. The van der Waals surface area contributed by atoms with Gasteiger partial charge in [-0.2, -0.15) is 0 Å². The zero-order valence-corrected chi connectivity index (χ0v) is 13.5. The molecule has 1 fully saturated rings. The van der Waals surface area contributed by atoms with E-state index in [4.69, 9.17) is 11.6 Å². The fourth-order valence-electron chi connectivity index (χ4n) is 3.32. The van der Waals surface area contributed by atoms with Gasteiger partial charge in [-0.3, -0.25) is 0 Å². The summed E-state index contributed by atoms with van der Waals surface area (Å²) in [6.45, 7) is 2.34. The molecule has 100 valence electrons. The van der Waals surface area contributed by atoms with Crippen LogP contribution in [0.3, 0.4) is 0 Å². The van der Waals surface area contributed by atoms with Gasteiger partial charge in [-0.25, -0.2) is 0 Å². The van der Waals surface area contributed by atoms with E-state index in [0.29, 0.717) is 0 Å². The van der Waals surface area contributed by atoms with Crippen LogP contribution in [-0.4, -0.2) is 0 Å². The molecule has 1 unspecified atom stereocenters. The predicted molar refractivity (Wildman–Crippen MR) is 86.8 cm³/mol. The first-order valence-electron chi connectivity index (χ1n) is 6.93. The maximum absolute atomic E-state index is 6.87. The summed E-state index contributed by atoms with van der Waals surface area (Å²) in [5, 5.41) is 2.64. The van der Waals surface area contributed by atoms with Gasteiger partial charge >= 0.3 is 0 Å². The Morgan fingerprint density at radius 2 is 1.68 bits per heavy atom. The molecule has 0 aliphatic heterocycles. The van der Waals surface area contributed by atoms with Crippen LogP contribution in [-0.2, 0) is 0 Å². The van der Waals surface area contributed by atoms with Crippen molar-refractivity contribution in [1.29, 1.82) is 0 Å².